The number of anilines is 1. The van der Waals surface area contributed by atoms with Gasteiger partial charge in [0.15, 0.2) is 0 Å². The van der Waals surface area contributed by atoms with Gasteiger partial charge in [-0.25, -0.2) is 15.0 Å². The van der Waals surface area contributed by atoms with Gasteiger partial charge in [0, 0.05) is 35.0 Å². The molecule has 0 bridgehead atoms. The number of terminal acetylenes is 1. The maximum atomic E-state index is 5.84. The smallest absolute Gasteiger partial charge is 0.0943 e. The standard InChI is InChI=1S/C42H33N5.C2H6/c1-5-8-37-29(16-22-36(45-37)27(3)43)15-12-28-13-21-38-31(25-28)18-24-39(46-38)34-19-20-35(33-10-7-6-9-32(33)34)40-23-17-30-14-11-26(2)41(44-4)42(30)47-40;1-2/h1,6-11,13-25,44H,3,12,43H2,2,4H3;1-2H3/b29-15-,37-8+;. The predicted molar refractivity (Wildman–Crippen MR) is 209 cm³/mol. The Labute approximate surface area is 287 Å². The van der Waals surface area contributed by atoms with Crippen LogP contribution >= 0.6 is 0 Å². The molecule has 3 N–H and O–H groups in total. The van der Waals surface area contributed by atoms with E-state index in [4.69, 9.17) is 22.1 Å². The highest BCUT2D eigenvalue weighted by atomic mass is 14.9. The van der Waals surface area contributed by atoms with Gasteiger partial charge in [0.05, 0.1) is 44.8 Å². The van der Waals surface area contributed by atoms with Crippen LogP contribution in [0, 0.1) is 19.3 Å². The van der Waals surface area contributed by atoms with Crippen molar-refractivity contribution in [3.8, 4) is 34.9 Å². The highest BCUT2D eigenvalue weighted by Crippen LogP contribution is 2.36. The molecule has 3 aromatic heterocycles. The maximum Gasteiger partial charge on any atom is 0.0943 e. The minimum absolute atomic E-state index is 0.411. The van der Waals surface area contributed by atoms with Crippen molar-refractivity contribution in [3.63, 3.8) is 0 Å². The molecule has 0 saturated heterocycles. The Bertz CT molecular complexity index is 2540. The summed E-state index contributed by atoms with van der Waals surface area (Å²) < 4.78 is 0. The van der Waals surface area contributed by atoms with E-state index in [0.29, 0.717) is 16.7 Å². The molecule has 240 valence electrons. The number of aromatic nitrogens is 3. The second-order valence-electron chi connectivity index (χ2n) is 11.6. The number of nitrogens with two attached hydrogens (primary N) is 1. The van der Waals surface area contributed by atoms with Gasteiger partial charge in [-0.05, 0) is 70.8 Å². The second kappa shape index (κ2) is 14.3. The Morgan fingerprint density at radius 2 is 1.49 bits per heavy atom. The van der Waals surface area contributed by atoms with Crippen LogP contribution in [0.3, 0.4) is 0 Å². The normalized spacial score (nSPS) is 11.7. The van der Waals surface area contributed by atoms with Gasteiger partial charge in [-0.2, -0.15) is 0 Å². The molecule has 0 aliphatic heterocycles. The van der Waals surface area contributed by atoms with E-state index in [9.17, 15) is 0 Å². The summed E-state index contributed by atoms with van der Waals surface area (Å²) in [5.74, 6) is 2.57. The molecule has 5 heteroatoms. The molecule has 5 nitrogen and oxygen atoms in total. The largest absolute Gasteiger partial charge is 0.397 e. The molecule has 7 aromatic rings. The van der Waals surface area contributed by atoms with E-state index in [-0.39, 0.29) is 0 Å². The minimum Gasteiger partial charge on any atom is -0.397 e. The first-order valence-electron chi connectivity index (χ1n) is 16.5. The van der Waals surface area contributed by atoms with Gasteiger partial charge in [0.1, 0.15) is 0 Å². The Hall–Kier alpha value is -6.25. The fourth-order valence-electron chi connectivity index (χ4n) is 6.21. The van der Waals surface area contributed by atoms with Crippen molar-refractivity contribution in [1.82, 2.24) is 15.0 Å². The van der Waals surface area contributed by atoms with Gasteiger partial charge in [-0.3, -0.25) is 0 Å². The fourth-order valence-corrected chi connectivity index (χ4v) is 6.21. The van der Waals surface area contributed by atoms with E-state index in [1.165, 1.54) is 11.1 Å². The lowest BCUT2D eigenvalue weighted by Gasteiger charge is -2.14. The van der Waals surface area contributed by atoms with Crippen LogP contribution in [0.4, 0.5) is 5.69 Å². The average Bonchev–Trinajstić information content (AvgIpc) is 3.14. The maximum absolute atomic E-state index is 5.84. The number of hydrogen-bond donors (Lipinski definition) is 2. The molecule has 0 saturated carbocycles. The number of pyridine rings is 3. The molecule has 4 aromatic carbocycles. The number of benzene rings is 4. The number of aryl methyl sites for hydroxylation is 1. The molecular formula is C44H39N5. The summed E-state index contributed by atoms with van der Waals surface area (Å²) in [6.45, 7) is 9.89. The molecule has 49 heavy (non-hydrogen) atoms. The van der Waals surface area contributed by atoms with Crippen LogP contribution in [0.15, 0.2) is 110 Å². The summed E-state index contributed by atoms with van der Waals surface area (Å²) in [4.78, 5) is 14.8. The summed E-state index contributed by atoms with van der Waals surface area (Å²) in [6.07, 6.45) is 10.0. The lowest BCUT2D eigenvalue weighted by molar-refractivity contribution is 1.17. The van der Waals surface area contributed by atoms with Crippen LogP contribution in [-0.2, 0) is 6.42 Å². The molecule has 0 fully saturated rings. The van der Waals surface area contributed by atoms with Crippen molar-refractivity contribution in [2.24, 2.45) is 5.73 Å². The van der Waals surface area contributed by atoms with Gasteiger partial charge < -0.3 is 11.1 Å². The summed E-state index contributed by atoms with van der Waals surface area (Å²) in [6, 6.07) is 35.8. The Morgan fingerprint density at radius 3 is 2.16 bits per heavy atom. The SMILES string of the molecule is C#C/C=c1/nc(C(=C)N)cc/c1=C/Cc1ccc2nc(-c3ccc(-c4ccc5ccc(C)c(NC)c5n4)c4ccccc34)ccc2c1.CC. The summed E-state index contributed by atoms with van der Waals surface area (Å²) in [7, 11) is 1.95. The summed E-state index contributed by atoms with van der Waals surface area (Å²) in [5, 5.41) is 9.47. The third-order valence-electron chi connectivity index (χ3n) is 8.61. The zero-order valence-electron chi connectivity index (χ0n) is 28.4. The first-order chi connectivity index (χ1) is 23.9. The van der Waals surface area contributed by atoms with Gasteiger partial charge in [0.25, 0.3) is 0 Å². The molecule has 0 spiro atoms. The predicted octanol–water partition coefficient (Wildman–Crippen LogP) is 8.41. The van der Waals surface area contributed by atoms with E-state index >= 15 is 0 Å². The summed E-state index contributed by atoms with van der Waals surface area (Å²) in [5.41, 5.74) is 16.3. The number of hydrogen-bond acceptors (Lipinski definition) is 5. The van der Waals surface area contributed by atoms with Crippen molar-refractivity contribution in [1.29, 1.82) is 0 Å². The van der Waals surface area contributed by atoms with Crippen LogP contribution in [-0.4, -0.2) is 22.0 Å². The van der Waals surface area contributed by atoms with Gasteiger partial charge >= 0.3 is 0 Å². The van der Waals surface area contributed by atoms with E-state index in [0.717, 1.165) is 72.4 Å². The van der Waals surface area contributed by atoms with Crippen molar-refractivity contribution >= 4 is 56.1 Å². The van der Waals surface area contributed by atoms with E-state index in [1.807, 2.05) is 33.0 Å². The monoisotopic (exact) mass is 637 g/mol. The highest BCUT2D eigenvalue weighted by molar-refractivity contribution is 6.05. The molecule has 3 heterocycles. The Morgan fingerprint density at radius 1 is 0.816 bits per heavy atom. The molecule has 7 rings (SSSR count). The number of nitrogens with one attached hydrogen (secondary N) is 1. The molecule has 0 radical (unpaired) electrons. The van der Waals surface area contributed by atoms with Crippen molar-refractivity contribution in [2.75, 3.05) is 12.4 Å². The third kappa shape index (κ3) is 6.50. The van der Waals surface area contributed by atoms with Gasteiger partial charge in [0.2, 0.25) is 0 Å². The second-order valence-corrected chi connectivity index (χ2v) is 11.6. The van der Waals surface area contributed by atoms with Crippen molar-refractivity contribution in [3.05, 3.63) is 137 Å². The lowest BCUT2D eigenvalue weighted by atomic mass is 9.95. The molecule has 0 unspecified atom stereocenters. The zero-order valence-corrected chi connectivity index (χ0v) is 28.4. The minimum atomic E-state index is 0.411. The average molecular weight is 638 g/mol. The number of fused-ring (bicyclic) bond motifs is 3. The molecular weight excluding hydrogens is 599 g/mol. The van der Waals surface area contributed by atoms with E-state index < -0.39 is 0 Å². The van der Waals surface area contributed by atoms with E-state index in [2.05, 4.69) is 127 Å². The molecule has 0 aliphatic carbocycles. The summed E-state index contributed by atoms with van der Waals surface area (Å²) >= 11 is 0. The van der Waals surface area contributed by atoms with Crippen molar-refractivity contribution < 1.29 is 0 Å². The molecule has 0 atom stereocenters. The number of rotatable bonds is 6. The Balaban J connectivity index is 0.00000205. The Kier molecular flexibility index (Phi) is 9.50. The zero-order chi connectivity index (χ0) is 34.5. The van der Waals surface area contributed by atoms with Crippen LogP contribution in [0.5, 0.6) is 0 Å². The van der Waals surface area contributed by atoms with Crippen LogP contribution < -0.4 is 21.6 Å². The first kappa shape index (κ1) is 32.7. The topological polar surface area (TPSA) is 76.7 Å². The third-order valence-corrected chi connectivity index (χ3v) is 8.61. The first-order valence-corrected chi connectivity index (χ1v) is 16.5. The van der Waals surface area contributed by atoms with Crippen molar-refractivity contribution in [2.45, 2.75) is 27.2 Å². The van der Waals surface area contributed by atoms with Crippen LogP contribution in [0.1, 0.15) is 30.7 Å². The fraction of sp³-hybridized carbons (Fsp3) is 0.114. The quantitative estimate of drug-likeness (QED) is 0.179. The lowest BCUT2D eigenvalue weighted by Crippen LogP contribution is -2.29. The highest BCUT2D eigenvalue weighted by Gasteiger charge is 2.13. The van der Waals surface area contributed by atoms with Crippen LogP contribution in [0.25, 0.3) is 72.9 Å². The molecule has 0 aliphatic rings. The van der Waals surface area contributed by atoms with Crippen LogP contribution in [0.2, 0.25) is 0 Å². The number of nitrogens with zero attached hydrogens (tertiary/aromatic N) is 3. The van der Waals surface area contributed by atoms with E-state index in [1.54, 1.807) is 6.08 Å². The molecule has 0 amide bonds. The van der Waals surface area contributed by atoms with Gasteiger partial charge in [-0.15, -0.1) is 6.42 Å². The van der Waals surface area contributed by atoms with Gasteiger partial charge in [-0.1, -0.05) is 105 Å².